The van der Waals surface area contributed by atoms with Crippen molar-refractivity contribution in [1.29, 1.82) is 0 Å². The molecule has 3 rings (SSSR count). The van der Waals surface area contributed by atoms with E-state index in [1.165, 1.54) is 18.4 Å². The number of fused-ring (bicyclic) bond motifs is 1. The SMILES string of the molecule is CC(C)NC(=O)c1nc(C(=O)NCCC2=CCCCC2)c2ccccn12. The first-order valence-electron chi connectivity index (χ1n) is 9.30. The van der Waals surface area contributed by atoms with Crippen LogP contribution in [0.25, 0.3) is 5.52 Å². The molecule has 0 saturated carbocycles. The molecule has 0 unspecified atom stereocenters. The van der Waals surface area contributed by atoms with Gasteiger partial charge in [0.2, 0.25) is 5.82 Å². The number of nitrogens with zero attached hydrogens (tertiary/aromatic N) is 2. The van der Waals surface area contributed by atoms with Gasteiger partial charge in [-0.25, -0.2) is 4.98 Å². The first kappa shape index (κ1) is 18.2. The van der Waals surface area contributed by atoms with E-state index in [4.69, 9.17) is 0 Å². The summed E-state index contributed by atoms with van der Waals surface area (Å²) in [5, 5.41) is 5.77. The fourth-order valence-electron chi connectivity index (χ4n) is 3.24. The molecule has 0 fully saturated rings. The van der Waals surface area contributed by atoms with Crippen LogP contribution >= 0.6 is 0 Å². The highest BCUT2D eigenvalue weighted by Gasteiger charge is 2.21. The van der Waals surface area contributed by atoms with Crippen molar-refractivity contribution in [1.82, 2.24) is 20.0 Å². The number of imidazole rings is 1. The van der Waals surface area contributed by atoms with Gasteiger partial charge in [0, 0.05) is 18.8 Å². The Kier molecular flexibility index (Phi) is 5.71. The molecule has 0 aromatic carbocycles. The summed E-state index contributed by atoms with van der Waals surface area (Å²) in [6.07, 6.45) is 9.68. The van der Waals surface area contributed by atoms with Crippen LogP contribution in [0.2, 0.25) is 0 Å². The van der Waals surface area contributed by atoms with E-state index in [9.17, 15) is 9.59 Å². The summed E-state index contributed by atoms with van der Waals surface area (Å²) in [4.78, 5) is 29.3. The van der Waals surface area contributed by atoms with E-state index in [1.54, 1.807) is 16.7 Å². The molecule has 0 saturated heterocycles. The van der Waals surface area contributed by atoms with Crippen molar-refractivity contribution in [2.75, 3.05) is 6.54 Å². The normalized spacial score (nSPS) is 14.3. The molecule has 0 spiro atoms. The first-order chi connectivity index (χ1) is 12.6. The van der Waals surface area contributed by atoms with Gasteiger partial charge in [-0.05, 0) is 58.1 Å². The van der Waals surface area contributed by atoms with E-state index >= 15 is 0 Å². The molecule has 2 aromatic rings. The van der Waals surface area contributed by atoms with E-state index < -0.39 is 0 Å². The molecule has 2 aromatic heterocycles. The Bertz CT molecular complexity index is 835. The highest BCUT2D eigenvalue weighted by molar-refractivity contribution is 6.02. The number of aromatic nitrogens is 2. The second-order valence-electron chi connectivity index (χ2n) is 6.98. The third-order valence-electron chi connectivity index (χ3n) is 4.50. The van der Waals surface area contributed by atoms with Crippen LogP contribution in [0.5, 0.6) is 0 Å². The Balaban J connectivity index is 1.75. The predicted octanol–water partition coefficient (Wildman–Crippen LogP) is 3.09. The number of pyridine rings is 1. The van der Waals surface area contributed by atoms with Crippen molar-refractivity contribution in [2.45, 2.75) is 52.0 Å². The Morgan fingerprint density at radius 1 is 1.23 bits per heavy atom. The van der Waals surface area contributed by atoms with E-state index in [-0.39, 0.29) is 29.4 Å². The lowest BCUT2D eigenvalue weighted by atomic mass is 9.97. The summed E-state index contributed by atoms with van der Waals surface area (Å²) in [5.41, 5.74) is 2.34. The Morgan fingerprint density at radius 3 is 2.81 bits per heavy atom. The average molecular weight is 354 g/mol. The van der Waals surface area contributed by atoms with Gasteiger partial charge >= 0.3 is 0 Å². The monoisotopic (exact) mass is 354 g/mol. The fourth-order valence-corrected chi connectivity index (χ4v) is 3.24. The maximum Gasteiger partial charge on any atom is 0.287 e. The lowest BCUT2D eigenvalue weighted by Crippen LogP contribution is -2.31. The lowest BCUT2D eigenvalue weighted by Gasteiger charge is -2.12. The van der Waals surface area contributed by atoms with Gasteiger partial charge in [-0.2, -0.15) is 0 Å². The highest BCUT2D eigenvalue weighted by atomic mass is 16.2. The zero-order valence-corrected chi connectivity index (χ0v) is 15.4. The third-order valence-corrected chi connectivity index (χ3v) is 4.50. The molecular formula is C20H26N4O2. The van der Waals surface area contributed by atoms with Crippen LogP contribution in [-0.4, -0.2) is 33.8 Å². The van der Waals surface area contributed by atoms with Gasteiger partial charge in [0.05, 0.1) is 5.52 Å². The van der Waals surface area contributed by atoms with Gasteiger partial charge in [0.1, 0.15) is 0 Å². The minimum Gasteiger partial charge on any atom is -0.350 e. The molecular weight excluding hydrogens is 328 g/mol. The molecule has 0 bridgehead atoms. The van der Waals surface area contributed by atoms with Crippen molar-refractivity contribution in [3.8, 4) is 0 Å². The smallest absolute Gasteiger partial charge is 0.287 e. The summed E-state index contributed by atoms with van der Waals surface area (Å²) in [6.45, 7) is 4.37. The number of hydrogen-bond donors (Lipinski definition) is 2. The minimum absolute atomic E-state index is 0.000364. The number of allylic oxidation sites excluding steroid dienone is 1. The van der Waals surface area contributed by atoms with E-state index in [0.717, 1.165) is 19.3 Å². The fraction of sp³-hybridized carbons (Fsp3) is 0.450. The van der Waals surface area contributed by atoms with Crippen LogP contribution < -0.4 is 10.6 Å². The molecule has 138 valence electrons. The van der Waals surface area contributed by atoms with Gasteiger partial charge in [-0.3, -0.25) is 14.0 Å². The number of nitrogens with one attached hydrogen (secondary N) is 2. The van der Waals surface area contributed by atoms with Gasteiger partial charge in [-0.15, -0.1) is 0 Å². The maximum absolute atomic E-state index is 12.6. The van der Waals surface area contributed by atoms with Crippen molar-refractivity contribution in [3.63, 3.8) is 0 Å². The van der Waals surface area contributed by atoms with Gasteiger partial charge in [0.15, 0.2) is 5.69 Å². The third kappa shape index (κ3) is 4.12. The molecule has 2 amide bonds. The minimum atomic E-state index is -0.285. The molecule has 1 aliphatic rings. The van der Waals surface area contributed by atoms with Gasteiger partial charge < -0.3 is 10.6 Å². The molecule has 0 radical (unpaired) electrons. The van der Waals surface area contributed by atoms with Gasteiger partial charge in [-0.1, -0.05) is 17.7 Å². The molecule has 2 N–H and O–H groups in total. The predicted molar refractivity (Wildman–Crippen MR) is 101 cm³/mol. The Labute approximate surface area is 153 Å². The lowest BCUT2D eigenvalue weighted by molar-refractivity contribution is 0.0932. The molecule has 2 heterocycles. The quantitative estimate of drug-likeness (QED) is 0.783. The summed E-state index contributed by atoms with van der Waals surface area (Å²) >= 11 is 0. The first-order valence-corrected chi connectivity index (χ1v) is 9.30. The molecule has 6 heteroatoms. The van der Waals surface area contributed by atoms with Gasteiger partial charge in [0.25, 0.3) is 11.8 Å². The van der Waals surface area contributed by atoms with E-state index in [2.05, 4.69) is 21.7 Å². The largest absolute Gasteiger partial charge is 0.350 e. The Morgan fingerprint density at radius 2 is 2.08 bits per heavy atom. The standard InChI is InChI=1S/C20H26N4O2/c1-14(2)22-20(26)18-23-17(16-10-6-7-13-24(16)18)19(25)21-12-11-15-8-4-3-5-9-15/h6-8,10,13-14H,3-5,9,11-12H2,1-2H3,(H,21,25)(H,22,26). The molecule has 0 aliphatic heterocycles. The number of amides is 2. The zero-order chi connectivity index (χ0) is 18.5. The van der Waals surface area contributed by atoms with E-state index in [0.29, 0.717) is 12.1 Å². The van der Waals surface area contributed by atoms with Crippen LogP contribution in [0.15, 0.2) is 36.0 Å². The molecule has 26 heavy (non-hydrogen) atoms. The zero-order valence-electron chi connectivity index (χ0n) is 15.4. The molecule has 1 aliphatic carbocycles. The number of hydrogen-bond acceptors (Lipinski definition) is 3. The van der Waals surface area contributed by atoms with Crippen LogP contribution in [0.1, 0.15) is 67.1 Å². The maximum atomic E-state index is 12.6. The van der Waals surface area contributed by atoms with Crippen molar-refractivity contribution < 1.29 is 9.59 Å². The van der Waals surface area contributed by atoms with Crippen LogP contribution in [0.3, 0.4) is 0 Å². The average Bonchev–Trinajstić information content (AvgIpc) is 3.02. The molecule has 0 atom stereocenters. The Hall–Kier alpha value is -2.63. The summed E-state index contributed by atoms with van der Waals surface area (Å²) < 4.78 is 1.66. The number of rotatable bonds is 6. The van der Waals surface area contributed by atoms with Crippen molar-refractivity contribution in [2.24, 2.45) is 0 Å². The van der Waals surface area contributed by atoms with Crippen LogP contribution in [-0.2, 0) is 0 Å². The number of carbonyl (C=O) groups excluding carboxylic acids is 2. The second kappa shape index (κ2) is 8.17. The van der Waals surface area contributed by atoms with Crippen molar-refractivity contribution >= 4 is 17.3 Å². The van der Waals surface area contributed by atoms with E-state index in [1.807, 2.05) is 26.0 Å². The summed E-state index contributed by atoms with van der Waals surface area (Å²) in [5.74, 6) is -0.296. The highest BCUT2D eigenvalue weighted by Crippen LogP contribution is 2.19. The second-order valence-corrected chi connectivity index (χ2v) is 6.98. The molecule has 6 nitrogen and oxygen atoms in total. The van der Waals surface area contributed by atoms with Crippen LogP contribution in [0.4, 0.5) is 0 Å². The van der Waals surface area contributed by atoms with Crippen LogP contribution in [0, 0.1) is 0 Å². The van der Waals surface area contributed by atoms with Crippen molar-refractivity contribution in [3.05, 3.63) is 47.6 Å². The summed E-state index contributed by atoms with van der Waals surface area (Å²) in [7, 11) is 0. The summed E-state index contributed by atoms with van der Waals surface area (Å²) in [6, 6.07) is 5.46. The topological polar surface area (TPSA) is 75.5 Å². The number of carbonyl (C=O) groups is 2.